The van der Waals surface area contributed by atoms with E-state index in [1.54, 1.807) is 18.1 Å². The van der Waals surface area contributed by atoms with E-state index in [0.717, 1.165) is 35.7 Å². The molecule has 25 heavy (non-hydrogen) atoms. The van der Waals surface area contributed by atoms with Crippen molar-refractivity contribution in [3.05, 3.63) is 53.9 Å². The van der Waals surface area contributed by atoms with Crippen molar-refractivity contribution < 1.29 is 4.74 Å². The molecule has 8 nitrogen and oxygen atoms in total. The third kappa shape index (κ3) is 2.75. The average Bonchev–Trinajstić information content (AvgIpc) is 3.15. The Bertz CT molecular complexity index is 940. The number of methoxy groups -OCH3 is 1. The third-order valence-corrected chi connectivity index (χ3v) is 4.23. The minimum absolute atomic E-state index is 0.0669. The summed E-state index contributed by atoms with van der Waals surface area (Å²) in [6.45, 7) is 1.85. The van der Waals surface area contributed by atoms with Gasteiger partial charge in [-0.1, -0.05) is 18.2 Å². The minimum atomic E-state index is -0.0669. The van der Waals surface area contributed by atoms with E-state index in [2.05, 4.69) is 32.3 Å². The van der Waals surface area contributed by atoms with Crippen LogP contribution in [0.5, 0.6) is 5.75 Å². The molecule has 2 aromatic heterocycles. The normalized spacial score (nSPS) is 16.5. The second-order valence-corrected chi connectivity index (χ2v) is 5.91. The molecule has 4 rings (SSSR count). The monoisotopic (exact) mass is 337 g/mol. The Morgan fingerprint density at radius 1 is 1.28 bits per heavy atom. The molecule has 0 radical (unpaired) electrons. The lowest BCUT2D eigenvalue weighted by Gasteiger charge is -2.17. The Morgan fingerprint density at radius 2 is 2.16 bits per heavy atom. The van der Waals surface area contributed by atoms with E-state index in [1.165, 1.54) is 0 Å². The van der Waals surface area contributed by atoms with Gasteiger partial charge in [0.1, 0.15) is 29.4 Å². The first-order valence-electron chi connectivity index (χ1n) is 8.10. The molecule has 0 bridgehead atoms. The number of anilines is 1. The molecule has 1 aliphatic rings. The first-order valence-corrected chi connectivity index (χ1v) is 8.10. The fourth-order valence-corrected chi connectivity index (χ4v) is 3.07. The molecule has 1 unspecified atom stereocenters. The van der Waals surface area contributed by atoms with E-state index >= 15 is 0 Å². The van der Waals surface area contributed by atoms with Crippen molar-refractivity contribution in [2.24, 2.45) is 0 Å². The second kappa shape index (κ2) is 6.04. The largest absolute Gasteiger partial charge is 0.494 e. The van der Waals surface area contributed by atoms with Crippen LogP contribution >= 0.6 is 0 Å². The molecule has 0 aliphatic carbocycles. The molecule has 0 saturated carbocycles. The number of allylic oxidation sites excluding steroid dienone is 2. The molecular weight excluding hydrogens is 318 g/mol. The Kier molecular flexibility index (Phi) is 3.72. The van der Waals surface area contributed by atoms with Gasteiger partial charge >= 0.3 is 0 Å². The van der Waals surface area contributed by atoms with Gasteiger partial charge in [0.15, 0.2) is 0 Å². The molecule has 1 atom stereocenters. The summed E-state index contributed by atoms with van der Waals surface area (Å²) < 4.78 is 9.17. The summed E-state index contributed by atoms with van der Waals surface area (Å²) in [5.74, 6) is 2.62. The Hall–Kier alpha value is -3.16. The molecule has 128 valence electrons. The van der Waals surface area contributed by atoms with E-state index < -0.39 is 0 Å². The molecule has 3 heterocycles. The van der Waals surface area contributed by atoms with Gasteiger partial charge in [0.2, 0.25) is 5.95 Å². The second-order valence-electron chi connectivity index (χ2n) is 5.91. The van der Waals surface area contributed by atoms with Crippen molar-refractivity contribution in [1.29, 1.82) is 0 Å². The van der Waals surface area contributed by atoms with Crippen LogP contribution in [-0.4, -0.2) is 36.6 Å². The minimum Gasteiger partial charge on any atom is -0.494 e. The number of aryl methyl sites for hydroxylation is 2. The highest BCUT2D eigenvalue weighted by atomic mass is 16.5. The fraction of sp³-hybridized carbons (Fsp3) is 0.294. The van der Waals surface area contributed by atoms with Crippen LogP contribution < -0.4 is 10.5 Å². The lowest BCUT2D eigenvalue weighted by Crippen LogP contribution is -2.13. The van der Waals surface area contributed by atoms with Gasteiger partial charge in [0, 0.05) is 6.42 Å². The number of nitrogen functional groups attached to an aromatic ring is 1. The molecule has 0 amide bonds. The highest BCUT2D eigenvalue weighted by molar-refractivity contribution is 5.49. The van der Waals surface area contributed by atoms with Crippen molar-refractivity contribution >= 4 is 5.95 Å². The van der Waals surface area contributed by atoms with Crippen LogP contribution in [0, 0.1) is 6.92 Å². The number of aromatic nitrogens is 6. The van der Waals surface area contributed by atoms with E-state index in [0.29, 0.717) is 11.8 Å². The number of hydrogen-bond donors (Lipinski definition) is 1. The van der Waals surface area contributed by atoms with Crippen LogP contribution in [0.25, 0.3) is 5.69 Å². The predicted molar refractivity (Wildman–Crippen MR) is 92.7 cm³/mol. The van der Waals surface area contributed by atoms with Gasteiger partial charge in [0.25, 0.3) is 0 Å². The van der Waals surface area contributed by atoms with Crippen LogP contribution in [0.1, 0.15) is 29.7 Å². The van der Waals surface area contributed by atoms with Gasteiger partial charge in [-0.05, 0) is 31.0 Å². The van der Waals surface area contributed by atoms with Crippen LogP contribution in [0.3, 0.4) is 0 Å². The highest BCUT2D eigenvalue weighted by Gasteiger charge is 2.21. The first kappa shape index (κ1) is 15.4. The molecular formula is C17H19N7O. The maximum Gasteiger partial charge on any atom is 0.239 e. The predicted octanol–water partition coefficient (Wildman–Crippen LogP) is 1.85. The summed E-state index contributed by atoms with van der Waals surface area (Å²) >= 11 is 0. The van der Waals surface area contributed by atoms with E-state index in [4.69, 9.17) is 10.5 Å². The van der Waals surface area contributed by atoms with Crippen LogP contribution in [-0.2, 0) is 6.42 Å². The number of fused-ring (bicyclic) bond motifs is 1. The van der Waals surface area contributed by atoms with E-state index in [-0.39, 0.29) is 6.04 Å². The molecule has 2 N–H and O–H groups in total. The number of hydrogen-bond acceptors (Lipinski definition) is 6. The van der Waals surface area contributed by atoms with Gasteiger partial charge in [0.05, 0.1) is 13.2 Å². The summed E-state index contributed by atoms with van der Waals surface area (Å²) in [6.07, 6.45) is 7.69. The van der Waals surface area contributed by atoms with Gasteiger partial charge in [-0.25, -0.2) is 14.3 Å². The number of benzene rings is 1. The van der Waals surface area contributed by atoms with E-state index in [9.17, 15) is 0 Å². The van der Waals surface area contributed by atoms with Crippen molar-refractivity contribution in [2.45, 2.75) is 25.8 Å². The summed E-state index contributed by atoms with van der Waals surface area (Å²) in [5, 5.41) is 8.73. The van der Waals surface area contributed by atoms with Crippen LogP contribution in [0.4, 0.5) is 5.95 Å². The number of ether oxygens (including phenoxy) is 1. The summed E-state index contributed by atoms with van der Waals surface area (Å²) in [6, 6.07) is 5.94. The van der Waals surface area contributed by atoms with Crippen molar-refractivity contribution in [1.82, 2.24) is 29.5 Å². The SMILES string of the molecule is COc1cc(C2C=CCCc3nc(N)nn32)ccc1-n1cnc(C)n1. The van der Waals surface area contributed by atoms with Crippen molar-refractivity contribution in [2.75, 3.05) is 12.8 Å². The van der Waals surface area contributed by atoms with Gasteiger partial charge in [-0.2, -0.15) is 10.1 Å². The van der Waals surface area contributed by atoms with Crippen LogP contribution in [0.15, 0.2) is 36.7 Å². The number of nitrogens with zero attached hydrogens (tertiary/aromatic N) is 6. The Labute approximate surface area is 145 Å². The van der Waals surface area contributed by atoms with Gasteiger partial charge < -0.3 is 10.5 Å². The molecule has 1 aromatic carbocycles. The van der Waals surface area contributed by atoms with E-state index in [1.807, 2.05) is 29.8 Å². The molecule has 3 aromatic rings. The smallest absolute Gasteiger partial charge is 0.239 e. The summed E-state index contributed by atoms with van der Waals surface area (Å²) in [5.41, 5.74) is 7.68. The Morgan fingerprint density at radius 3 is 2.92 bits per heavy atom. The zero-order chi connectivity index (χ0) is 17.4. The average molecular weight is 337 g/mol. The molecule has 8 heteroatoms. The van der Waals surface area contributed by atoms with Crippen molar-refractivity contribution in [3.8, 4) is 11.4 Å². The topological polar surface area (TPSA) is 96.7 Å². The quantitative estimate of drug-likeness (QED) is 0.733. The third-order valence-electron chi connectivity index (χ3n) is 4.23. The maximum absolute atomic E-state index is 5.80. The molecule has 0 saturated heterocycles. The summed E-state index contributed by atoms with van der Waals surface area (Å²) in [4.78, 5) is 8.51. The van der Waals surface area contributed by atoms with Crippen molar-refractivity contribution in [3.63, 3.8) is 0 Å². The number of nitrogens with two attached hydrogens (primary N) is 1. The summed E-state index contributed by atoms with van der Waals surface area (Å²) in [7, 11) is 1.65. The fourth-order valence-electron chi connectivity index (χ4n) is 3.07. The molecule has 0 fully saturated rings. The molecule has 0 spiro atoms. The Balaban J connectivity index is 1.78. The standard InChI is InChI=1S/C17H19N7O/c1-11-19-10-23(21-11)14-8-7-12(9-15(14)25-2)13-5-3-4-6-16-20-17(18)22-24(13)16/h3,5,7-10,13H,4,6H2,1-2H3,(H2,18,22). The zero-order valence-electron chi connectivity index (χ0n) is 14.1. The zero-order valence-corrected chi connectivity index (χ0v) is 14.1. The van der Waals surface area contributed by atoms with Crippen LogP contribution in [0.2, 0.25) is 0 Å². The van der Waals surface area contributed by atoms with Gasteiger partial charge in [-0.3, -0.25) is 0 Å². The molecule has 1 aliphatic heterocycles. The lowest BCUT2D eigenvalue weighted by molar-refractivity contribution is 0.410. The van der Waals surface area contributed by atoms with Gasteiger partial charge in [-0.15, -0.1) is 5.10 Å². The highest BCUT2D eigenvalue weighted by Crippen LogP contribution is 2.30. The lowest BCUT2D eigenvalue weighted by atomic mass is 10.1. The first-order chi connectivity index (χ1) is 12.2. The maximum atomic E-state index is 5.80. The number of rotatable bonds is 3.